The molecule has 0 unspecified atom stereocenters. The number of unbranched alkanes of at least 4 members (excludes halogenated alkanes) is 2. The Morgan fingerprint density at radius 1 is 1.23 bits per heavy atom. The molecule has 2 heteroatoms. The maximum atomic E-state index is 5.93. The topological polar surface area (TPSA) is 0 Å². The molecule has 0 aromatic heterocycles. The Labute approximate surface area is 93.4 Å². The molecular formula is C11H14BrCl. The molecule has 0 aliphatic carbocycles. The van der Waals surface area contributed by atoms with Crippen LogP contribution in [0, 0.1) is 0 Å². The minimum absolute atomic E-state index is 0.820. The molecule has 0 bridgehead atoms. The Bertz CT molecular complexity index is 251. The summed E-state index contributed by atoms with van der Waals surface area (Å²) in [6.07, 6.45) is 4.95. The van der Waals surface area contributed by atoms with Crippen molar-refractivity contribution >= 4 is 27.5 Å². The van der Waals surface area contributed by atoms with E-state index in [-0.39, 0.29) is 0 Å². The fourth-order valence-corrected chi connectivity index (χ4v) is 2.26. The molecule has 0 fully saturated rings. The third kappa shape index (κ3) is 4.15. The SMILES string of the molecule is CCCCCc1cc(Cl)cc(Br)c1. The highest BCUT2D eigenvalue weighted by Crippen LogP contribution is 2.20. The normalized spacial score (nSPS) is 10.4. The first kappa shape index (κ1) is 11.1. The molecule has 0 nitrogen and oxygen atoms in total. The molecule has 0 saturated carbocycles. The van der Waals surface area contributed by atoms with E-state index < -0.39 is 0 Å². The average Bonchev–Trinajstić information content (AvgIpc) is 2.03. The number of hydrogen-bond donors (Lipinski definition) is 0. The minimum Gasteiger partial charge on any atom is -0.0843 e. The number of aryl methyl sites for hydroxylation is 1. The van der Waals surface area contributed by atoms with Gasteiger partial charge in [0.2, 0.25) is 0 Å². The first-order valence-corrected chi connectivity index (χ1v) is 5.84. The summed E-state index contributed by atoms with van der Waals surface area (Å²) >= 11 is 9.37. The predicted molar refractivity (Wildman–Crippen MR) is 62.4 cm³/mol. The molecule has 0 heterocycles. The molecule has 0 atom stereocenters. The predicted octanol–water partition coefficient (Wildman–Crippen LogP) is 4.84. The van der Waals surface area contributed by atoms with E-state index in [2.05, 4.69) is 28.9 Å². The van der Waals surface area contributed by atoms with Crippen molar-refractivity contribution in [3.05, 3.63) is 33.3 Å². The fourth-order valence-electron chi connectivity index (χ4n) is 1.33. The summed E-state index contributed by atoms with van der Waals surface area (Å²) in [6, 6.07) is 6.11. The van der Waals surface area contributed by atoms with Crippen LogP contribution in [0.4, 0.5) is 0 Å². The third-order valence-corrected chi connectivity index (χ3v) is 2.67. The summed E-state index contributed by atoms with van der Waals surface area (Å²) in [5.74, 6) is 0. The molecule has 0 aliphatic rings. The number of rotatable bonds is 4. The largest absolute Gasteiger partial charge is 0.0843 e. The summed E-state index contributed by atoms with van der Waals surface area (Å²) < 4.78 is 1.08. The molecule has 0 amide bonds. The molecule has 0 N–H and O–H groups in total. The summed E-state index contributed by atoms with van der Waals surface area (Å²) in [5, 5.41) is 0.820. The van der Waals surface area contributed by atoms with Crippen molar-refractivity contribution in [2.75, 3.05) is 0 Å². The highest BCUT2D eigenvalue weighted by molar-refractivity contribution is 9.10. The summed E-state index contributed by atoms with van der Waals surface area (Å²) in [4.78, 5) is 0. The molecule has 72 valence electrons. The average molecular weight is 262 g/mol. The van der Waals surface area contributed by atoms with Crippen LogP contribution in [0.15, 0.2) is 22.7 Å². The maximum absolute atomic E-state index is 5.93. The van der Waals surface area contributed by atoms with Crippen LogP contribution >= 0.6 is 27.5 Å². The lowest BCUT2D eigenvalue weighted by atomic mass is 10.1. The molecule has 1 rings (SSSR count). The zero-order valence-corrected chi connectivity index (χ0v) is 10.2. The Morgan fingerprint density at radius 3 is 2.62 bits per heavy atom. The van der Waals surface area contributed by atoms with E-state index in [1.54, 1.807) is 0 Å². The van der Waals surface area contributed by atoms with Crippen molar-refractivity contribution < 1.29 is 0 Å². The van der Waals surface area contributed by atoms with Crippen LogP contribution in [-0.4, -0.2) is 0 Å². The van der Waals surface area contributed by atoms with Crippen molar-refractivity contribution in [3.8, 4) is 0 Å². The molecule has 0 spiro atoms. The van der Waals surface area contributed by atoms with Gasteiger partial charge in [-0.1, -0.05) is 47.3 Å². The second-order valence-electron chi connectivity index (χ2n) is 3.23. The highest BCUT2D eigenvalue weighted by atomic mass is 79.9. The van der Waals surface area contributed by atoms with Crippen LogP contribution in [0.1, 0.15) is 31.7 Å². The van der Waals surface area contributed by atoms with Crippen molar-refractivity contribution in [2.45, 2.75) is 32.6 Å². The van der Waals surface area contributed by atoms with Gasteiger partial charge in [-0.15, -0.1) is 0 Å². The Kier molecular flexibility index (Phi) is 4.82. The van der Waals surface area contributed by atoms with Gasteiger partial charge in [-0.2, -0.15) is 0 Å². The van der Waals surface area contributed by atoms with Crippen LogP contribution in [0.5, 0.6) is 0 Å². The van der Waals surface area contributed by atoms with E-state index in [9.17, 15) is 0 Å². The van der Waals surface area contributed by atoms with Gasteiger partial charge in [-0.25, -0.2) is 0 Å². The highest BCUT2D eigenvalue weighted by Gasteiger charge is 1.97. The molecule has 1 aromatic rings. The Hall–Kier alpha value is -0.0100. The zero-order chi connectivity index (χ0) is 9.68. The smallest absolute Gasteiger partial charge is 0.0419 e. The van der Waals surface area contributed by atoms with E-state index in [0.717, 1.165) is 15.9 Å². The molecule has 1 aromatic carbocycles. The van der Waals surface area contributed by atoms with Gasteiger partial charge in [0.05, 0.1) is 0 Å². The lowest BCUT2D eigenvalue weighted by Crippen LogP contribution is -1.85. The van der Waals surface area contributed by atoms with E-state index in [1.807, 2.05) is 12.1 Å². The maximum Gasteiger partial charge on any atom is 0.0419 e. The van der Waals surface area contributed by atoms with E-state index in [1.165, 1.54) is 24.8 Å². The van der Waals surface area contributed by atoms with Gasteiger partial charge in [0.15, 0.2) is 0 Å². The standard InChI is InChI=1S/C11H14BrCl/c1-2-3-4-5-9-6-10(12)8-11(13)7-9/h6-8H,2-5H2,1H3. The first-order valence-electron chi connectivity index (χ1n) is 4.67. The fraction of sp³-hybridized carbons (Fsp3) is 0.455. The van der Waals surface area contributed by atoms with Gasteiger partial charge in [0.1, 0.15) is 0 Å². The van der Waals surface area contributed by atoms with E-state index in [4.69, 9.17) is 11.6 Å². The number of benzene rings is 1. The van der Waals surface area contributed by atoms with Crippen molar-refractivity contribution in [2.24, 2.45) is 0 Å². The van der Waals surface area contributed by atoms with Crippen LogP contribution in [0.25, 0.3) is 0 Å². The Morgan fingerprint density at radius 2 is 2.00 bits per heavy atom. The van der Waals surface area contributed by atoms with E-state index in [0.29, 0.717) is 0 Å². The third-order valence-electron chi connectivity index (χ3n) is 1.99. The minimum atomic E-state index is 0.820. The molecule has 13 heavy (non-hydrogen) atoms. The van der Waals surface area contributed by atoms with Gasteiger partial charge in [-0.05, 0) is 36.6 Å². The van der Waals surface area contributed by atoms with Gasteiger partial charge in [-0.3, -0.25) is 0 Å². The van der Waals surface area contributed by atoms with Crippen molar-refractivity contribution in [3.63, 3.8) is 0 Å². The van der Waals surface area contributed by atoms with Gasteiger partial charge in [0, 0.05) is 9.50 Å². The van der Waals surface area contributed by atoms with Crippen molar-refractivity contribution in [1.29, 1.82) is 0 Å². The van der Waals surface area contributed by atoms with Crippen LogP contribution in [0.2, 0.25) is 5.02 Å². The summed E-state index contributed by atoms with van der Waals surface area (Å²) in [6.45, 7) is 2.22. The molecule has 0 aliphatic heterocycles. The van der Waals surface area contributed by atoms with Crippen LogP contribution in [-0.2, 0) is 6.42 Å². The number of halogens is 2. The quantitative estimate of drug-likeness (QED) is 0.681. The second-order valence-corrected chi connectivity index (χ2v) is 4.59. The molecular weight excluding hydrogens is 247 g/mol. The van der Waals surface area contributed by atoms with E-state index >= 15 is 0 Å². The lowest BCUT2D eigenvalue weighted by Gasteiger charge is -2.02. The molecule has 0 radical (unpaired) electrons. The van der Waals surface area contributed by atoms with Gasteiger partial charge >= 0.3 is 0 Å². The Balaban J connectivity index is 2.56. The van der Waals surface area contributed by atoms with Crippen molar-refractivity contribution in [1.82, 2.24) is 0 Å². The summed E-state index contributed by atoms with van der Waals surface area (Å²) in [5.41, 5.74) is 1.33. The number of hydrogen-bond acceptors (Lipinski definition) is 0. The zero-order valence-electron chi connectivity index (χ0n) is 7.82. The van der Waals surface area contributed by atoms with Crippen LogP contribution < -0.4 is 0 Å². The van der Waals surface area contributed by atoms with Crippen LogP contribution in [0.3, 0.4) is 0 Å². The lowest BCUT2D eigenvalue weighted by molar-refractivity contribution is 0.717. The monoisotopic (exact) mass is 260 g/mol. The first-order chi connectivity index (χ1) is 6.22. The van der Waals surface area contributed by atoms with Gasteiger partial charge in [0.25, 0.3) is 0 Å². The van der Waals surface area contributed by atoms with Gasteiger partial charge < -0.3 is 0 Å². The summed E-state index contributed by atoms with van der Waals surface area (Å²) in [7, 11) is 0. The second kappa shape index (κ2) is 5.66. The molecule has 0 saturated heterocycles.